The molecule has 5 rings (SSSR count). The summed E-state index contributed by atoms with van der Waals surface area (Å²) in [4.78, 5) is 1.88. The molecule has 0 amide bonds. The topological polar surface area (TPSA) is 119 Å². The van der Waals surface area contributed by atoms with Crippen molar-refractivity contribution >= 4 is 10.0 Å². The van der Waals surface area contributed by atoms with Crippen molar-refractivity contribution in [3.05, 3.63) is 48.0 Å². The largest absolute Gasteiger partial charge is 0.492 e. The number of sulfonamides is 1. The van der Waals surface area contributed by atoms with E-state index in [4.69, 9.17) is 4.74 Å². The monoisotopic (exact) mass is 598 g/mol. The quantitative estimate of drug-likeness (QED) is 0.428. The fraction of sp³-hybridized carbons (Fsp3) is 0.586. The normalized spacial score (nSPS) is 30.0. The van der Waals surface area contributed by atoms with Gasteiger partial charge in [-0.2, -0.15) is 13.2 Å². The lowest BCUT2D eigenvalue weighted by atomic mass is 9.85. The number of hydrogen-bond acceptors (Lipinski definition) is 7. The SMILES string of the molecule is O=S1(=O)NC[C@H](O)CN(CC2CCCC2)CC2(COc3cc(-c4cccc(C(F)(F)F)c4)ccc31)C[C@@H](O)[C@@H](O)C2. The van der Waals surface area contributed by atoms with Gasteiger partial charge in [-0.3, -0.25) is 4.90 Å². The Bertz CT molecular complexity index is 1320. The van der Waals surface area contributed by atoms with Crippen LogP contribution in [0.5, 0.6) is 5.75 Å². The summed E-state index contributed by atoms with van der Waals surface area (Å²) >= 11 is 0. The molecule has 3 aliphatic rings. The van der Waals surface area contributed by atoms with E-state index in [0.717, 1.165) is 37.8 Å². The lowest BCUT2D eigenvalue weighted by molar-refractivity contribution is -0.137. The molecule has 41 heavy (non-hydrogen) atoms. The summed E-state index contributed by atoms with van der Waals surface area (Å²) in [6.45, 7) is 1.07. The van der Waals surface area contributed by atoms with E-state index in [2.05, 4.69) is 9.62 Å². The number of β-amino-alcohol motifs (C(OH)–C–C–N with tert-alkyl or cyclic N) is 1. The average molecular weight is 599 g/mol. The summed E-state index contributed by atoms with van der Waals surface area (Å²) in [5, 5.41) is 31.9. The van der Waals surface area contributed by atoms with Crippen LogP contribution in [0.25, 0.3) is 11.1 Å². The van der Waals surface area contributed by atoms with Gasteiger partial charge in [-0.25, -0.2) is 13.1 Å². The molecule has 4 atom stereocenters. The third-order valence-corrected chi connectivity index (χ3v) is 10.0. The Morgan fingerprint density at radius 3 is 2.37 bits per heavy atom. The minimum absolute atomic E-state index is 0.0348. The van der Waals surface area contributed by atoms with Crippen LogP contribution < -0.4 is 9.46 Å². The van der Waals surface area contributed by atoms with Crippen LogP contribution in [0, 0.1) is 11.3 Å². The molecule has 0 bridgehead atoms. The maximum atomic E-state index is 13.4. The van der Waals surface area contributed by atoms with Gasteiger partial charge in [0.2, 0.25) is 10.0 Å². The van der Waals surface area contributed by atoms with Gasteiger partial charge >= 0.3 is 6.18 Å². The molecule has 0 radical (unpaired) electrons. The Morgan fingerprint density at radius 2 is 1.68 bits per heavy atom. The summed E-state index contributed by atoms with van der Waals surface area (Å²) in [7, 11) is -4.16. The van der Waals surface area contributed by atoms with Crippen molar-refractivity contribution < 1.29 is 41.6 Å². The molecule has 2 aliphatic carbocycles. The van der Waals surface area contributed by atoms with Crippen molar-refractivity contribution in [3.8, 4) is 16.9 Å². The Labute approximate surface area is 238 Å². The first kappa shape index (κ1) is 30.2. The van der Waals surface area contributed by atoms with E-state index in [9.17, 15) is 36.9 Å². The summed E-state index contributed by atoms with van der Waals surface area (Å²) in [6, 6.07) is 8.84. The third-order valence-electron chi connectivity index (χ3n) is 8.55. The highest BCUT2D eigenvalue weighted by Crippen LogP contribution is 2.42. The molecular formula is C29H37F3N2O6S. The zero-order valence-corrected chi connectivity index (χ0v) is 23.5. The van der Waals surface area contributed by atoms with Crippen molar-refractivity contribution in [2.45, 2.75) is 67.9 Å². The van der Waals surface area contributed by atoms with E-state index in [1.165, 1.54) is 30.3 Å². The molecule has 1 spiro atoms. The van der Waals surface area contributed by atoms with E-state index in [1.807, 2.05) is 0 Å². The second-order valence-corrected chi connectivity index (χ2v) is 13.7. The minimum Gasteiger partial charge on any atom is -0.492 e. The maximum absolute atomic E-state index is 13.4. The van der Waals surface area contributed by atoms with Crippen LogP contribution in [0.1, 0.15) is 44.1 Å². The van der Waals surface area contributed by atoms with E-state index in [1.54, 1.807) is 0 Å². The molecule has 226 valence electrons. The van der Waals surface area contributed by atoms with Gasteiger partial charge in [-0.05, 0) is 67.0 Å². The van der Waals surface area contributed by atoms with Gasteiger partial charge in [0.15, 0.2) is 0 Å². The number of alkyl halides is 3. The molecule has 2 fully saturated rings. The molecule has 1 aliphatic heterocycles. The number of aliphatic hydroxyl groups is 3. The number of ether oxygens (including phenoxy) is 1. The Balaban J connectivity index is 1.52. The number of nitrogens with zero attached hydrogens (tertiary/aromatic N) is 1. The molecule has 0 aromatic heterocycles. The van der Waals surface area contributed by atoms with Gasteiger partial charge in [0, 0.05) is 31.6 Å². The lowest BCUT2D eigenvalue weighted by Crippen LogP contribution is -2.48. The molecule has 8 nitrogen and oxygen atoms in total. The molecule has 1 heterocycles. The zero-order chi connectivity index (χ0) is 29.4. The molecule has 4 N–H and O–H groups in total. The second kappa shape index (κ2) is 11.8. The van der Waals surface area contributed by atoms with Crippen molar-refractivity contribution in [1.29, 1.82) is 0 Å². The number of rotatable bonds is 3. The summed E-state index contributed by atoms with van der Waals surface area (Å²) in [6.07, 6.45) is -2.66. The van der Waals surface area contributed by atoms with Crippen LogP contribution in [0.2, 0.25) is 0 Å². The maximum Gasteiger partial charge on any atom is 0.416 e. The van der Waals surface area contributed by atoms with E-state index >= 15 is 0 Å². The van der Waals surface area contributed by atoms with Crippen molar-refractivity contribution in [3.63, 3.8) is 0 Å². The molecular weight excluding hydrogens is 561 g/mol. The van der Waals surface area contributed by atoms with Crippen LogP contribution in [0.3, 0.4) is 0 Å². The van der Waals surface area contributed by atoms with Gasteiger partial charge < -0.3 is 20.1 Å². The van der Waals surface area contributed by atoms with Crippen molar-refractivity contribution in [2.75, 3.05) is 32.8 Å². The van der Waals surface area contributed by atoms with E-state index in [-0.39, 0.29) is 48.7 Å². The summed E-state index contributed by atoms with van der Waals surface area (Å²) < 4.78 is 75.3. The van der Waals surface area contributed by atoms with Gasteiger partial charge in [-0.15, -0.1) is 0 Å². The molecule has 1 unspecified atom stereocenters. The zero-order valence-electron chi connectivity index (χ0n) is 22.7. The van der Waals surface area contributed by atoms with Crippen LogP contribution >= 0.6 is 0 Å². The van der Waals surface area contributed by atoms with Crippen molar-refractivity contribution in [1.82, 2.24) is 9.62 Å². The fourth-order valence-electron chi connectivity index (χ4n) is 6.55. The Hall–Kier alpha value is -2.22. The molecule has 2 aromatic carbocycles. The van der Waals surface area contributed by atoms with Crippen LogP contribution in [-0.4, -0.2) is 79.7 Å². The van der Waals surface area contributed by atoms with Gasteiger partial charge in [0.1, 0.15) is 10.6 Å². The number of benzene rings is 2. The summed E-state index contributed by atoms with van der Waals surface area (Å²) in [5.41, 5.74) is -0.998. The van der Waals surface area contributed by atoms with Crippen LogP contribution in [-0.2, 0) is 16.2 Å². The first-order chi connectivity index (χ1) is 19.3. The molecule has 2 saturated carbocycles. The molecule has 0 saturated heterocycles. The third kappa shape index (κ3) is 7.06. The molecule has 12 heteroatoms. The van der Waals surface area contributed by atoms with Crippen molar-refractivity contribution in [2.24, 2.45) is 11.3 Å². The van der Waals surface area contributed by atoms with Crippen LogP contribution in [0.4, 0.5) is 13.2 Å². The highest BCUT2D eigenvalue weighted by molar-refractivity contribution is 7.89. The number of fused-ring (bicyclic) bond motifs is 1. The first-order valence-electron chi connectivity index (χ1n) is 14.0. The smallest absolute Gasteiger partial charge is 0.416 e. The molecule has 2 aromatic rings. The van der Waals surface area contributed by atoms with Gasteiger partial charge in [0.25, 0.3) is 0 Å². The Kier molecular flexibility index (Phi) is 8.71. The highest BCUT2D eigenvalue weighted by Gasteiger charge is 2.46. The Morgan fingerprint density at radius 1 is 1.00 bits per heavy atom. The van der Waals surface area contributed by atoms with E-state index in [0.29, 0.717) is 24.6 Å². The predicted molar refractivity (Wildman–Crippen MR) is 146 cm³/mol. The highest BCUT2D eigenvalue weighted by atomic mass is 32.2. The van der Waals surface area contributed by atoms with Gasteiger partial charge in [0.05, 0.1) is 30.5 Å². The predicted octanol–water partition coefficient (Wildman–Crippen LogP) is 3.40. The summed E-state index contributed by atoms with van der Waals surface area (Å²) in [5.74, 6) is 0.386. The van der Waals surface area contributed by atoms with E-state index < -0.39 is 45.5 Å². The second-order valence-electron chi connectivity index (χ2n) is 11.9. The number of nitrogens with one attached hydrogen (secondary N) is 1. The fourth-order valence-corrected chi connectivity index (χ4v) is 7.74. The first-order valence-corrected chi connectivity index (χ1v) is 15.5. The number of aliphatic hydroxyl groups excluding tert-OH is 3. The lowest BCUT2D eigenvalue weighted by Gasteiger charge is -2.38. The standard InChI is InChI=1S/C29H37F3N2O6S/c30-29(31,32)22-7-3-6-20(10-22)21-8-9-27-26(11-21)40-18-28(12-24(36)25(37)13-28)17-34(15-19-4-1-2-5-19)16-23(35)14-33-41(27,38)39/h3,6-11,19,23-25,33,35-37H,1-2,4-5,12-18H2/t23-,24-,25+,28?/m0/s1. The number of hydrogen-bond donors (Lipinski definition) is 4. The van der Waals surface area contributed by atoms with Crippen LogP contribution in [0.15, 0.2) is 47.4 Å². The number of halogens is 3. The van der Waals surface area contributed by atoms with Gasteiger partial charge in [-0.1, -0.05) is 31.0 Å². The minimum atomic E-state index is -4.54. The average Bonchev–Trinajstić information content (AvgIpc) is 3.52.